The summed E-state index contributed by atoms with van der Waals surface area (Å²) in [5, 5.41) is 4.14. The van der Waals surface area contributed by atoms with Crippen molar-refractivity contribution in [3.8, 4) is 0 Å². The second-order valence-corrected chi connectivity index (χ2v) is 4.62. The smallest absolute Gasteiger partial charge is 0.0590 e. The van der Waals surface area contributed by atoms with Gasteiger partial charge in [0, 0.05) is 31.4 Å². The zero-order valence-electron chi connectivity index (χ0n) is 9.93. The Kier molecular flexibility index (Phi) is 3.96. The van der Waals surface area contributed by atoms with Crippen molar-refractivity contribution in [2.24, 2.45) is 12.8 Å². The topological polar surface area (TPSA) is 53.1 Å². The Labute approximate surface area is 96.8 Å². The van der Waals surface area contributed by atoms with Gasteiger partial charge in [0.2, 0.25) is 0 Å². The van der Waals surface area contributed by atoms with E-state index in [4.69, 9.17) is 10.5 Å². The van der Waals surface area contributed by atoms with Gasteiger partial charge in [0.1, 0.15) is 0 Å². The van der Waals surface area contributed by atoms with E-state index in [2.05, 4.69) is 5.10 Å². The van der Waals surface area contributed by atoms with Crippen LogP contribution in [0.25, 0.3) is 0 Å². The summed E-state index contributed by atoms with van der Waals surface area (Å²) < 4.78 is 7.76. The predicted molar refractivity (Wildman–Crippen MR) is 63.1 cm³/mol. The highest BCUT2D eigenvalue weighted by molar-refractivity contribution is 4.99. The number of aryl methyl sites for hydroxylation is 1. The molecule has 0 radical (unpaired) electrons. The molecule has 0 spiro atoms. The van der Waals surface area contributed by atoms with Crippen LogP contribution in [0.5, 0.6) is 0 Å². The summed E-state index contributed by atoms with van der Waals surface area (Å²) in [5.41, 5.74) is 7.14. The molecule has 1 aliphatic rings. The molecular weight excluding hydrogens is 202 g/mol. The van der Waals surface area contributed by atoms with Gasteiger partial charge in [0.15, 0.2) is 0 Å². The van der Waals surface area contributed by atoms with Crippen LogP contribution in [0.2, 0.25) is 0 Å². The molecule has 2 rings (SSSR count). The van der Waals surface area contributed by atoms with Crippen molar-refractivity contribution in [3.05, 3.63) is 18.0 Å². The third-order valence-corrected chi connectivity index (χ3v) is 3.30. The first-order valence-corrected chi connectivity index (χ1v) is 6.10. The van der Waals surface area contributed by atoms with Gasteiger partial charge in [0.25, 0.3) is 0 Å². The van der Waals surface area contributed by atoms with E-state index >= 15 is 0 Å². The fourth-order valence-electron chi connectivity index (χ4n) is 2.31. The molecule has 1 heterocycles. The number of nitrogens with zero attached hydrogens (tertiary/aromatic N) is 2. The maximum absolute atomic E-state index is 5.92. The third-order valence-electron chi connectivity index (χ3n) is 3.30. The molecule has 2 atom stereocenters. The number of rotatable bonds is 4. The average Bonchev–Trinajstić information content (AvgIpc) is 2.65. The van der Waals surface area contributed by atoms with Crippen molar-refractivity contribution >= 4 is 0 Å². The van der Waals surface area contributed by atoms with Gasteiger partial charge in [-0.25, -0.2) is 0 Å². The average molecular weight is 223 g/mol. The minimum atomic E-state index is 0.343. The summed E-state index contributed by atoms with van der Waals surface area (Å²) in [4.78, 5) is 0. The van der Waals surface area contributed by atoms with Crippen LogP contribution >= 0.6 is 0 Å². The lowest BCUT2D eigenvalue weighted by atomic mass is 9.93. The highest BCUT2D eigenvalue weighted by Crippen LogP contribution is 2.19. The second-order valence-electron chi connectivity index (χ2n) is 4.62. The molecule has 1 aromatic heterocycles. The van der Waals surface area contributed by atoms with Gasteiger partial charge in [-0.15, -0.1) is 0 Å². The first-order valence-electron chi connectivity index (χ1n) is 6.10. The zero-order valence-corrected chi connectivity index (χ0v) is 9.93. The highest BCUT2D eigenvalue weighted by atomic mass is 16.5. The summed E-state index contributed by atoms with van der Waals surface area (Å²) >= 11 is 0. The van der Waals surface area contributed by atoms with Gasteiger partial charge in [-0.1, -0.05) is 0 Å². The first-order chi connectivity index (χ1) is 7.75. The quantitative estimate of drug-likeness (QED) is 0.835. The Morgan fingerprint density at radius 2 is 2.44 bits per heavy atom. The fraction of sp³-hybridized carbons (Fsp3) is 0.750. The van der Waals surface area contributed by atoms with Crippen LogP contribution in [-0.2, 0) is 18.2 Å². The molecule has 90 valence electrons. The number of nitrogens with two attached hydrogens (primary N) is 1. The fourth-order valence-corrected chi connectivity index (χ4v) is 2.31. The van der Waals surface area contributed by atoms with Crippen LogP contribution in [-0.4, -0.2) is 28.5 Å². The number of aromatic nitrogens is 2. The lowest BCUT2D eigenvalue weighted by Gasteiger charge is -2.26. The minimum absolute atomic E-state index is 0.343. The minimum Gasteiger partial charge on any atom is -0.378 e. The molecule has 4 heteroatoms. The Hall–Kier alpha value is -0.870. The van der Waals surface area contributed by atoms with Gasteiger partial charge in [-0.05, 0) is 31.7 Å². The molecule has 0 aromatic carbocycles. The second kappa shape index (κ2) is 5.46. The van der Waals surface area contributed by atoms with E-state index < -0.39 is 0 Å². The Morgan fingerprint density at radius 1 is 1.56 bits per heavy atom. The molecule has 0 bridgehead atoms. The molecule has 0 amide bonds. The molecule has 1 fully saturated rings. The Balaban J connectivity index is 1.70. The molecule has 1 aromatic rings. The lowest BCUT2D eigenvalue weighted by Crippen LogP contribution is -2.32. The molecule has 1 aliphatic carbocycles. The van der Waals surface area contributed by atoms with Crippen molar-refractivity contribution in [3.63, 3.8) is 0 Å². The molecule has 0 saturated heterocycles. The van der Waals surface area contributed by atoms with Crippen LogP contribution in [0.1, 0.15) is 31.4 Å². The molecule has 1 saturated carbocycles. The summed E-state index contributed by atoms with van der Waals surface area (Å²) in [5.74, 6) is 0. The van der Waals surface area contributed by atoms with Crippen LogP contribution in [0.4, 0.5) is 0 Å². The van der Waals surface area contributed by atoms with Gasteiger partial charge in [-0.3, -0.25) is 4.68 Å². The van der Waals surface area contributed by atoms with Crippen molar-refractivity contribution in [2.45, 2.75) is 44.2 Å². The summed E-state index contributed by atoms with van der Waals surface area (Å²) in [7, 11) is 1.96. The van der Waals surface area contributed by atoms with E-state index in [1.165, 1.54) is 18.5 Å². The standard InChI is InChI=1S/C12H21N3O/c1-15-11(5-7-14-15)6-8-16-12-4-2-3-10(13)9-12/h5,7,10,12H,2-4,6,8-9,13H2,1H3. The van der Waals surface area contributed by atoms with E-state index in [-0.39, 0.29) is 0 Å². The molecule has 16 heavy (non-hydrogen) atoms. The monoisotopic (exact) mass is 223 g/mol. The van der Waals surface area contributed by atoms with E-state index in [1.807, 2.05) is 24.0 Å². The summed E-state index contributed by atoms with van der Waals surface area (Å²) in [6.07, 6.45) is 7.68. The lowest BCUT2D eigenvalue weighted by molar-refractivity contribution is 0.0248. The van der Waals surface area contributed by atoms with E-state index in [0.29, 0.717) is 12.1 Å². The van der Waals surface area contributed by atoms with Gasteiger partial charge >= 0.3 is 0 Å². The molecule has 4 nitrogen and oxygen atoms in total. The number of hydrogen-bond donors (Lipinski definition) is 1. The molecule has 2 N–H and O–H groups in total. The number of ether oxygens (including phenoxy) is 1. The van der Waals surface area contributed by atoms with E-state index in [0.717, 1.165) is 25.9 Å². The largest absolute Gasteiger partial charge is 0.378 e. The zero-order chi connectivity index (χ0) is 11.4. The third kappa shape index (κ3) is 3.06. The van der Waals surface area contributed by atoms with Crippen LogP contribution in [0.15, 0.2) is 12.3 Å². The highest BCUT2D eigenvalue weighted by Gasteiger charge is 2.19. The Bertz CT molecular complexity index is 324. The van der Waals surface area contributed by atoms with Crippen LogP contribution < -0.4 is 5.73 Å². The van der Waals surface area contributed by atoms with Crippen molar-refractivity contribution in [1.29, 1.82) is 0 Å². The van der Waals surface area contributed by atoms with Crippen LogP contribution in [0.3, 0.4) is 0 Å². The van der Waals surface area contributed by atoms with Crippen LogP contribution in [0, 0.1) is 0 Å². The first kappa shape index (κ1) is 11.6. The SMILES string of the molecule is Cn1nccc1CCOC1CCCC(N)C1. The maximum Gasteiger partial charge on any atom is 0.0590 e. The van der Waals surface area contributed by atoms with Crippen molar-refractivity contribution in [2.75, 3.05) is 6.61 Å². The van der Waals surface area contributed by atoms with E-state index in [1.54, 1.807) is 0 Å². The number of hydrogen-bond acceptors (Lipinski definition) is 3. The normalized spacial score (nSPS) is 25.9. The Morgan fingerprint density at radius 3 is 3.12 bits per heavy atom. The molecule has 0 aliphatic heterocycles. The van der Waals surface area contributed by atoms with Gasteiger partial charge in [-0.2, -0.15) is 5.10 Å². The molecular formula is C12H21N3O. The molecule has 2 unspecified atom stereocenters. The van der Waals surface area contributed by atoms with E-state index in [9.17, 15) is 0 Å². The van der Waals surface area contributed by atoms with Crippen molar-refractivity contribution < 1.29 is 4.74 Å². The van der Waals surface area contributed by atoms with Gasteiger partial charge < -0.3 is 10.5 Å². The summed E-state index contributed by atoms with van der Waals surface area (Å²) in [6, 6.07) is 2.38. The summed E-state index contributed by atoms with van der Waals surface area (Å²) in [6.45, 7) is 0.775. The predicted octanol–water partition coefficient (Wildman–Crippen LogP) is 1.25. The van der Waals surface area contributed by atoms with Crippen molar-refractivity contribution in [1.82, 2.24) is 9.78 Å². The van der Waals surface area contributed by atoms with Gasteiger partial charge in [0.05, 0.1) is 12.7 Å². The maximum atomic E-state index is 5.92.